The first-order valence-electron chi connectivity index (χ1n) is 6.10. The van der Waals surface area contributed by atoms with Crippen molar-refractivity contribution in [1.82, 2.24) is 19.4 Å². The van der Waals surface area contributed by atoms with Crippen LogP contribution in [0.1, 0.15) is 16.2 Å². The summed E-state index contributed by atoms with van der Waals surface area (Å²) < 4.78 is 2.04. The second-order valence-corrected chi connectivity index (χ2v) is 4.87. The lowest BCUT2D eigenvalue weighted by atomic mass is 10.2. The Kier molecular flexibility index (Phi) is 3.29. The van der Waals surface area contributed by atoms with E-state index in [0.29, 0.717) is 29.5 Å². The van der Waals surface area contributed by atoms with Crippen molar-refractivity contribution in [3.8, 4) is 0 Å². The van der Waals surface area contributed by atoms with E-state index in [9.17, 15) is 4.79 Å². The van der Waals surface area contributed by atoms with Crippen molar-refractivity contribution in [2.24, 2.45) is 5.84 Å². The van der Waals surface area contributed by atoms with E-state index in [-0.39, 0.29) is 5.91 Å². The van der Waals surface area contributed by atoms with Crippen LogP contribution in [0.3, 0.4) is 0 Å². The van der Waals surface area contributed by atoms with Crippen LogP contribution in [0.25, 0.3) is 0 Å². The molecule has 0 saturated carbocycles. The zero-order valence-electron chi connectivity index (χ0n) is 10.6. The molecule has 3 heterocycles. The number of hydrogen-bond acceptors (Lipinski definition) is 5. The van der Waals surface area contributed by atoms with E-state index >= 15 is 0 Å². The zero-order valence-corrected chi connectivity index (χ0v) is 11.3. The Balaban J connectivity index is 1.81. The average Bonchev–Trinajstić information content (AvgIpc) is 2.93. The lowest BCUT2D eigenvalue weighted by Gasteiger charge is -2.27. The Morgan fingerprint density at radius 2 is 2.25 bits per heavy atom. The number of pyridine rings is 1. The second kappa shape index (κ2) is 5.10. The van der Waals surface area contributed by atoms with Gasteiger partial charge in [-0.25, -0.2) is 15.8 Å². The highest BCUT2D eigenvalue weighted by Gasteiger charge is 2.23. The molecule has 2 aromatic rings. The molecule has 7 nitrogen and oxygen atoms in total. The largest absolute Gasteiger partial charge is 0.332 e. The van der Waals surface area contributed by atoms with Crippen LogP contribution in [0, 0.1) is 0 Å². The summed E-state index contributed by atoms with van der Waals surface area (Å²) in [6.07, 6.45) is 5.12. The van der Waals surface area contributed by atoms with Crippen molar-refractivity contribution in [3.63, 3.8) is 0 Å². The fourth-order valence-electron chi connectivity index (χ4n) is 2.19. The molecule has 0 atom stereocenters. The first-order chi connectivity index (χ1) is 9.69. The monoisotopic (exact) mass is 292 g/mol. The molecular weight excluding hydrogens is 280 g/mol. The Hall–Kier alpha value is -2.12. The van der Waals surface area contributed by atoms with Crippen LogP contribution in [0.2, 0.25) is 5.02 Å². The molecule has 1 amide bonds. The second-order valence-electron chi connectivity index (χ2n) is 4.46. The van der Waals surface area contributed by atoms with Gasteiger partial charge in [-0.05, 0) is 6.07 Å². The number of amides is 1. The van der Waals surface area contributed by atoms with Crippen molar-refractivity contribution in [2.75, 3.05) is 12.0 Å². The molecular formula is C12H13ClN6O. The van der Waals surface area contributed by atoms with Gasteiger partial charge >= 0.3 is 0 Å². The number of nitrogens with two attached hydrogens (primary N) is 1. The fourth-order valence-corrected chi connectivity index (χ4v) is 2.41. The van der Waals surface area contributed by atoms with E-state index in [1.165, 1.54) is 6.20 Å². The van der Waals surface area contributed by atoms with E-state index in [4.69, 9.17) is 17.4 Å². The molecule has 3 N–H and O–H groups in total. The fraction of sp³-hybridized carbons (Fsp3) is 0.250. The lowest BCUT2D eigenvalue weighted by Crippen LogP contribution is -2.38. The third-order valence-corrected chi connectivity index (χ3v) is 3.54. The molecule has 1 aliphatic rings. The van der Waals surface area contributed by atoms with Gasteiger partial charge in [0.1, 0.15) is 5.82 Å². The molecule has 0 saturated heterocycles. The number of fused-ring (bicyclic) bond motifs is 1. The van der Waals surface area contributed by atoms with Gasteiger partial charge in [0, 0.05) is 31.7 Å². The first-order valence-corrected chi connectivity index (χ1v) is 6.48. The minimum atomic E-state index is -0.114. The first kappa shape index (κ1) is 12.9. The number of carbonyl (C=O) groups is 1. The van der Waals surface area contributed by atoms with Gasteiger partial charge in [0.2, 0.25) is 0 Å². The number of hydrogen-bond donors (Lipinski definition) is 2. The Bertz CT molecular complexity index is 655. The quantitative estimate of drug-likeness (QED) is 0.633. The molecule has 2 aromatic heterocycles. The van der Waals surface area contributed by atoms with Gasteiger partial charge in [0.25, 0.3) is 5.91 Å². The highest BCUT2D eigenvalue weighted by atomic mass is 35.5. The SMILES string of the molecule is NNc1ncc(C(=O)N2CCn3ccnc3C2)cc1Cl. The molecule has 0 spiro atoms. The van der Waals surface area contributed by atoms with Crippen LogP contribution in [0.4, 0.5) is 5.82 Å². The number of carbonyl (C=O) groups excluding carboxylic acids is 1. The predicted molar refractivity (Wildman–Crippen MR) is 74.0 cm³/mol. The number of hydrazine groups is 1. The number of nitrogens with zero attached hydrogens (tertiary/aromatic N) is 4. The normalized spacial score (nSPS) is 14.0. The summed E-state index contributed by atoms with van der Waals surface area (Å²) in [5.74, 6) is 6.37. The molecule has 20 heavy (non-hydrogen) atoms. The number of halogens is 1. The van der Waals surface area contributed by atoms with Gasteiger partial charge in [-0.3, -0.25) is 4.79 Å². The summed E-state index contributed by atoms with van der Waals surface area (Å²) in [4.78, 5) is 22.4. The summed E-state index contributed by atoms with van der Waals surface area (Å²) in [5.41, 5.74) is 2.81. The van der Waals surface area contributed by atoms with Crippen molar-refractivity contribution in [3.05, 3.63) is 41.1 Å². The summed E-state index contributed by atoms with van der Waals surface area (Å²) in [7, 11) is 0. The number of nitrogens with one attached hydrogen (secondary N) is 1. The van der Waals surface area contributed by atoms with Crippen LogP contribution < -0.4 is 11.3 Å². The van der Waals surface area contributed by atoms with Gasteiger partial charge in [0.05, 0.1) is 17.1 Å². The van der Waals surface area contributed by atoms with Gasteiger partial charge in [0.15, 0.2) is 5.82 Å². The topological polar surface area (TPSA) is 89.1 Å². The van der Waals surface area contributed by atoms with Crippen LogP contribution in [0.15, 0.2) is 24.7 Å². The maximum absolute atomic E-state index is 12.4. The van der Waals surface area contributed by atoms with E-state index < -0.39 is 0 Å². The average molecular weight is 293 g/mol. The van der Waals surface area contributed by atoms with E-state index in [1.54, 1.807) is 17.2 Å². The summed E-state index contributed by atoms with van der Waals surface area (Å²) in [6, 6.07) is 1.56. The Labute approximate surface area is 120 Å². The van der Waals surface area contributed by atoms with Crippen molar-refractivity contribution in [1.29, 1.82) is 0 Å². The number of anilines is 1. The molecule has 0 bridgehead atoms. The molecule has 3 rings (SSSR count). The number of aromatic nitrogens is 3. The van der Waals surface area contributed by atoms with Crippen molar-refractivity contribution in [2.45, 2.75) is 13.1 Å². The zero-order chi connectivity index (χ0) is 14.1. The minimum absolute atomic E-state index is 0.114. The number of nitrogen functional groups attached to an aromatic ring is 1. The molecule has 1 aliphatic heterocycles. The van der Waals surface area contributed by atoms with E-state index in [0.717, 1.165) is 12.4 Å². The lowest BCUT2D eigenvalue weighted by molar-refractivity contribution is 0.0707. The molecule has 0 fully saturated rings. The standard InChI is InChI=1S/C12H13ClN6O/c13-9-5-8(6-16-11(9)17-14)12(20)19-4-3-18-2-1-15-10(18)7-19/h1-2,5-6H,3-4,7,14H2,(H,16,17). The Morgan fingerprint density at radius 1 is 1.40 bits per heavy atom. The van der Waals surface area contributed by atoms with Crippen LogP contribution >= 0.6 is 11.6 Å². The Morgan fingerprint density at radius 3 is 3.00 bits per heavy atom. The maximum atomic E-state index is 12.4. The van der Waals surface area contributed by atoms with Crippen LogP contribution in [-0.4, -0.2) is 31.9 Å². The highest BCUT2D eigenvalue weighted by molar-refractivity contribution is 6.33. The molecule has 0 radical (unpaired) electrons. The van der Waals surface area contributed by atoms with Crippen LogP contribution in [-0.2, 0) is 13.1 Å². The summed E-state index contributed by atoms with van der Waals surface area (Å²) in [6.45, 7) is 1.86. The number of imidazole rings is 1. The van der Waals surface area contributed by atoms with Crippen molar-refractivity contribution >= 4 is 23.3 Å². The van der Waals surface area contributed by atoms with Gasteiger partial charge < -0.3 is 14.9 Å². The van der Waals surface area contributed by atoms with Crippen LogP contribution in [0.5, 0.6) is 0 Å². The summed E-state index contributed by atoms with van der Waals surface area (Å²) in [5, 5.41) is 0.317. The van der Waals surface area contributed by atoms with E-state index in [2.05, 4.69) is 15.4 Å². The molecule has 0 aliphatic carbocycles. The minimum Gasteiger partial charge on any atom is -0.332 e. The third-order valence-electron chi connectivity index (χ3n) is 3.26. The van der Waals surface area contributed by atoms with Gasteiger partial charge in [-0.15, -0.1) is 0 Å². The highest BCUT2D eigenvalue weighted by Crippen LogP contribution is 2.21. The number of rotatable bonds is 2. The smallest absolute Gasteiger partial charge is 0.255 e. The maximum Gasteiger partial charge on any atom is 0.255 e. The van der Waals surface area contributed by atoms with E-state index in [1.807, 2.05) is 10.8 Å². The van der Waals surface area contributed by atoms with Crippen molar-refractivity contribution < 1.29 is 4.79 Å². The van der Waals surface area contributed by atoms with Gasteiger partial charge in [-0.2, -0.15) is 0 Å². The molecule has 0 aromatic carbocycles. The third kappa shape index (κ3) is 2.21. The molecule has 0 unspecified atom stereocenters. The predicted octanol–water partition coefficient (Wildman–Crippen LogP) is 0.873. The molecule has 8 heteroatoms. The summed E-state index contributed by atoms with van der Waals surface area (Å²) >= 11 is 5.98. The van der Waals surface area contributed by atoms with Gasteiger partial charge in [-0.1, -0.05) is 11.6 Å². The molecule has 104 valence electrons.